The van der Waals surface area contributed by atoms with E-state index in [9.17, 15) is 9.59 Å². The van der Waals surface area contributed by atoms with Gasteiger partial charge in [-0.3, -0.25) is 9.59 Å². The standard InChI is InChI=1S/C17H30N2O3/c1-22-13-10-16(20)19-12-7-3-2-6-11-18-17(21)14-8-4-5-9-15(14)19/h14-15H,2-13H2,1H3,(H,18,21)/t14-,15+/m1/s1. The Hall–Kier alpha value is -1.10. The van der Waals surface area contributed by atoms with Crippen LogP contribution in [0.5, 0.6) is 0 Å². The summed E-state index contributed by atoms with van der Waals surface area (Å²) in [5.74, 6) is 0.264. The Morgan fingerprint density at radius 3 is 2.77 bits per heavy atom. The quantitative estimate of drug-likeness (QED) is 0.868. The molecule has 0 aromatic carbocycles. The number of fused-ring (bicyclic) bond motifs is 1. The second-order valence-corrected chi connectivity index (χ2v) is 6.49. The molecule has 2 amide bonds. The number of rotatable bonds is 3. The molecule has 0 spiro atoms. The van der Waals surface area contributed by atoms with Crippen molar-refractivity contribution in [3.8, 4) is 0 Å². The van der Waals surface area contributed by atoms with E-state index in [1.165, 1.54) is 0 Å². The zero-order valence-corrected chi connectivity index (χ0v) is 13.8. The van der Waals surface area contributed by atoms with E-state index in [1.807, 2.05) is 4.90 Å². The minimum absolute atomic E-state index is 0.0293. The predicted octanol–water partition coefficient (Wildman–Crippen LogP) is 2.10. The third-order valence-electron chi connectivity index (χ3n) is 4.93. The highest BCUT2D eigenvalue weighted by Crippen LogP contribution is 2.30. The van der Waals surface area contributed by atoms with Crippen LogP contribution in [-0.2, 0) is 14.3 Å². The summed E-state index contributed by atoms with van der Waals surface area (Å²) in [6.07, 6.45) is 8.81. The molecule has 1 heterocycles. The molecule has 1 aliphatic carbocycles. The number of hydrogen-bond acceptors (Lipinski definition) is 3. The Morgan fingerprint density at radius 1 is 1.18 bits per heavy atom. The number of methoxy groups -OCH3 is 1. The molecule has 5 nitrogen and oxygen atoms in total. The Balaban J connectivity index is 2.13. The lowest BCUT2D eigenvalue weighted by Gasteiger charge is -2.39. The van der Waals surface area contributed by atoms with Gasteiger partial charge in [0.25, 0.3) is 0 Å². The fourth-order valence-electron chi connectivity index (χ4n) is 3.70. The number of carbonyl (C=O) groups excluding carboxylic acids is 2. The molecule has 5 heteroatoms. The van der Waals surface area contributed by atoms with Gasteiger partial charge in [0, 0.05) is 26.2 Å². The highest BCUT2D eigenvalue weighted by molar-refractivity contribution is 5.82. The van der Waals surface area contributed by atoms with Crippen LogP contribution in [0.2, 0.25) is 0 Å². The van der Waals surface area contributed by atoms with E-state index in [-0.39, 0.29) is 23.8 Å². The SMILES string of the molecule is COCCC(=O)N1CCCCCCNC(=O)[C@@H]2CCCC[C@@H]21. The molecule has 1 aliphatic heterocycles. The Morgan fingerprint density at radius 2 is 1.95 bits per heavy atom. The van der Waals surface area contributed by atoms with Crippen LogP contribution in [-0.4, -0.2) is 49.6 Å². The molecule has 1 N–H and O–H groups in total. The fraction of sp³-hybridized carbons (Fsp3) is 0.882. The van der Waals surface area contributed by atoms with Crippen molar-refractivity contribution in [1.29, 1.82) is 0 Å². The molecule has 0 aromatic rings. The molecular formula is C17H30N2O3. The number of ether oxygens (including phenoxy) is 1. The van der Waals surface area contributed by atoms with Crippen molar-refractivity contribution in [3.05, 3.63) is 0 Å². The van der Waals surface area contributed by atoms with Gasteiger partial charge in [-0.1, -0.05) is 25.7 Å². The summed E-state index contributed by atoms with van der Waals surface area (Å²) in [4.78, 5) is 27.1. The molecule has 126 valence electrons. The van der Waals surface area contributed by atoms with Crippen LogP contribution >= 0.6 is 0 Å². The molecule has 0 bridgehead atoms. The molecule has 0 aromatic heterocycles. The number of carbonyl (C=O) groups is 2. The summed E-state index contributed by atoms with van der Waals surface area (Å²) in [7, 11) is 1.62. The fourth-order valence-corrected chi connectivity index (χ4v) is 3.70. The van der Waals surface area contributed by atoms with Crippen molar-refractivity contribution in [2.45, 2.75) is 63.8 Å². The Labute approximate surface area is 133 Å². The van der Waals surface area contributed by atoms with E-state index in [0.29, 0.717) is 13.0 Å². The first kappa shape index (κ1) is 17.3. The summed E-state index contributed by atoms with van der Waals surface area (Å²) in [5.41, 5.74) is 0. The predicted molar refractivity (Wildman–Crippen MR) is 85.4 cm³/mol. The third kappa shape index (κ3) is 4.70. The van der Waals surface area contributed by atoms with Gasteiger partial charge in [-0.05, 0) is 25.7 Å². The van der Waals surface area contributed by atoms with Gasteiger partial charge in [0.15, 0.2) is 0 Å². The molecule has 1 saturated heterocycles. The van der Waals surface area contributed by atoms with Gasteiger partial charge in [-0.15, -0.1) is 0 Å². The van der Waals surface area contributed by atoms with Gasteiger partial charge < -0.3 is 15.0 Å². The average Bonchev–Trinajstić information content (AvgIpc) is 2.57. The lowest BCUT2D eigenvalue weighted by Crippen LogP contribution is -2.51. The summed E-state index contributed by atoms with van der Waals surface area (Å²) in [5, 5.41) is 3.08. The smallest absolute Gasteiger partial charge is 0.225 e. The number of nitrogens with zero attached hydrogens (tertiary/aromatic N) is 1. The first-order chi connectivity index (χ1) is 10.7. The molecule has 22 heavy (non-hydrogen) atoms. The first-order valence-corrected chi connectivity index (χ1v) is 8.80. The minimum Gasteiger partial charge on any atom is -0.384 e. The average molecular weight is 310 g/mol. The summed E-state index contributed by atoms with van der Waals surface area (Å²) < 4.78 is 5.05. The summed E-state index contributed by atoms with van der Waals surface area (Å²) >= 11 is 0. The van der Waals surface area contributed by atoms with Crippen molar-refractivity contribution < 1.29 is 14.3 Å². The lowest BCUT2D eigenvalue weighted by atomic mass is 9.82. The van der Waals surface area contributed by atoms with E-state index in [4.69, 9.17) is 4.74 Å². The molecule has 0 radical (unpaired) electrons. The molecule has 1 saturated carbocycles. The van der Waals surface area contributed by atoms with Crippen LogP contribution in [0.25, 0.3) is 0 Å². The maximum absolute atomic E-state index is 12.6. The van der Waals surface area contributed by atoms with Gasteiger partial charge >= 0.3 is 0 Å². The van der Waals surface area contributed by atoms with Crippen LogP contribution in [0.1, 0.15) is 57.8 Å². The van der Waals surface area contributed by atoms with Crippen molar-refractivity contribution in [1.82, 2.24) is 10.2 Å². The van der Waals surface area contributed by atoms with E-state index in [1.54, 1.807) is 7.11 Å². The maximum atomic E-state index is 12.6. The van der Waals surface area contributed by atoms with Crippen LogP contribution in [0, 0.1) is 5.92 Å². The van der Waals surface area contributed by atoms with Crippen LogP contribution in [0.4, 0.5) is 0 Å². The van der Waals surface area contributed by atoms with Gasteiger partial charge in [-0.2, -0.15) is 0 Å². The Bertz CT molecular complexity index is 373. The monoisotopic (exact) mass is 310 g/mol. The molecular weight excluding hydrogens is 280 g/mol. The zero-order valence-electron chi connectivity index (χ0n) is 13.8. The second-order valence-electron chi connectivity index (χ2n) is 6.49. The van der Waals surface area contributed by atoms with Gasteiger partial charge in [0.1, 0.15) is 0 Å². The minimum atomic E-state index is -0.0293. The lowest BCUT2D eigenvalue weighted by molar-refractivity contribution is -0.139. The first-order valence-electron chi connectivity index (χ1n) is 8.80. The van der Waals surface area contributed by atoms with Crippen molar-refractivity contribution in [2.24, 2.45) is 5.92 Å². The van der Waals surface area contributed by atoms with E-state index >= 15 is 0 Å². The van der Waals surface area contributed by atoms with Crippen LogP contribution < -0.4 is 5.32 Å². The number of nitrogens with one attached hydrogen (secondary N) is 1. The molecule has 2 fully saturated rings. The van der Waals surface area contributed by atoms with Crippen molar-refractivity contribution in [3.63, 3.8) is 0 Å². The maximum Gasteiger partial charge on any atom is 0.225 e. The molecule has 2 aliphatic rings. The summed E-state index contributed by atoms with van der Waals surface area (Å²) in [6.45, 7) is 2.02. The van der Waals surface area contributed by atoms with Crippen molar-refractivity contribution in [2.75, 3.05) is 26.8 Å². The number of hydrogen-bond donors (Lipinski definition) is 1. The summed E-state index contributed by atoms with van der Waals surface area (Å²) in [6, 6.07) is 0.0798. The topological polar surface area (TPSA) is 58.6 Å². The van der Waals surface area contributed by atoms with Crippen LogP contribution in [0.3, 0.4) is 0 Å². The van der Waals surface area contributed by atoms with Crippen molar-refractivity contribution >= 4 is 11.8 Å². The number of amides is 2. The molecule has 2 rings (SSSR count). The van der Waals surface area contributed by atoms with E-state index < -0.39 is 0 Å². The van der Waals surface area contributed by atoms with Gasteiger partial charge in [0.2, 0.25) is 11.8 Å². The zero-order chi connectivity index (χ0) is 15.8. The van der Waals surface area contributed by atoms with E-state index in [0.717, 1.165) is 64.5 Å². The highest BCUT2D eigenvalue weighted by Gasteiger charge is 2.36. The van der Waals surface area contributed by atoms with Gasteiger partial charge in [-0.25, -0.2) is 0 Å². The molecule has 0 unspecified atom stereocenters. The largest absolute Gasteiger partial charge is 0.384 e. The highest BCUT2D eigenvalue weighted by atomic mass is 16.5. The van der Waals surface area contributed by atoms with Gasteiger partial charge in [0.05, 0.1) is 18.9 Å². The normalized spacial score (nSPS) is 27.5. The second kappa shape index (κ2) is 9.13. The third-order valence-corrected chi connectivity index (χ3v) is 4.93. The Kier molecular flexibility index (Phi) is 7.16. The molecule has 2 atom stereocenters. The van der Waals surface area contributed by atoms with E-state index in [2.05, 4.69) is 5.32 Å². The van der Waals surface area contributed by atoms with Crippen LogP contribution in [0.15, 0.2) is 0 Å².